The molecule has 45 heavy (non-hydrogen) atoms. The Morgan fingerprint density at radius 3 is 1.13 bits per heavy atom. The van der Waals surface area contributed by atoms with E-state index in [0.717, 1.165) is 12.1 Å². The van der Waals surface area contributed by atoms with Crippen LogP contribution in [0.3, 0.4) is 0 Å². The Morgan fingerprint density at radius 2 is 0.844 bits per heavy atom. The molecule has 0 aromatic heterocycles. The smallest absolute Gasteiger partial charge is 0.204 e. The molecule has 0 spiro atoms. The maximum atomic E-state index is 12.7. The standard InChI is InChI=1S/C14H16P2.C8H3F7.C7H5F3.4Ar/c1-9-5-3-7-11(15)13(9)14-10(2)6-4-8-12(14)16;1-2-4(9)6(11)3(8(13,14)15)7(12)5(2)10;1-4-2-5(8)7(10)6(9)3-4;;;;/h3-8H,15-16H2,1-2H3;1H3;2-3H,1H3;;;;. The van der Waals surface area contributed by atoms with Crippen LogP contribution in [0.25, 0.3) is 11.1 Å². The first-order valence-electron chi connectivity index (χ1n) is 11.6. The molecule has 2 unspecified atom stereocenters. The van der Waals surface area contributed by atoms with E-state index in [-0.39, 0.29) is 151 Å². The number of rotatable bonds is 1. The number of aryl methyl sites for hydroxylation is 3. The first-order valence-corrected chi connectivity index (χ1v) is 12.8. The van der Waals surface area contributed by atoms with Gasteiger partial charge in [0.2, 0.25) is 0 Å². The third-order valence-electron chi connectivity index (χ3n) is 5.75. The van der Waals surface area contributed by atoms with Gasteiger partial charge in [-0.25, -0.2) is 30.7 Å². The predicted molar refractivity (Wildman–Crippen MR) is 147 cm³/mol. The van der Waals surface area contributed by atoms with E-state index in [2.05, 4.69) is 68.7 Å². The fraction of sp³-hybridized carbons (Fsp3) is 0.172. The van der Waals surface area contributed by atoms with Crippen LogP contribution in [0.5, 0.6) is 0 Å². The number of halogens is 10. The van der Waals surface area contributed by atoms with Gasteiger partial charge in [0.05, 0.1) is 0 Å². The molecular weight excluding hydrogens is 760 g/mol. The maximum absolute atomic E-state index is 12.7. The Hall–Kier alpha value is 2.08. The minimum absolute atomic E-state index is 0. The molecule has 252 valence electrons. The van der Waals surface area contributed by atoms with Crippen molar-refractivity contribution in [1.29, 1.82) is 0 Å². The van der Waals surface area contributed by atoms with Crippen LogP contribution < -0.4 is 10.6 Å². The Bertz CT molecular complexity index is 1440. The molecule has 2 atom stereocenters. The van der Waals surface area contributed by atoms with Gasteiger partial charge < -0.3 is 0 Å². The van der Waals surface area contributed by atoms with Crippen LogP contribution in [0.2, 0.25) is 0 Å². The summed E-state index contributed by atoms with van der Waals surface area (Å²) in [7, 11) is 5.66. The zero-order valence-corrected chi connectivity index (χ0v) is 28.6. The quantitative estimate of drug-likeness (QED) is 0.0784. The maximum Gasteiger partial charge on any atom is 0.422 e. The third-order valence-corrected chi connectivity index (χ3v) is 6.72. The average molecular weight is 784 g/mol. The van der Waals surface area contributed by atoms with Crippen molar-refractivity contribution in [2.75, 3.05) is 0 Å². The largest absolute Gasteiger partial charge is 0.422 e. The zero-order valence-electron chi connectivity index (χ0n) is 23.5. The van der Waals surface area contributed by atoms with Gasteiger partial charge in [-0.2, -0.15) is 13.2 Å². The summed E-state index contributed by atoms with van der Waals surface area (Å²) in [6, 6.07) is 14.7. The average Bonchev–Trinajstić information content (AvgIpc) is 2.86. The second-order valence-corrected chi connectivity index (χ2v) is 10.1. The van der Waals surface area contributed by atoms with Gasteiger partial charge in [0.1, 0.15) is 5.56 Å². The Morgan fingerprint density at radius 1 is 0.511 bits per heavy atom. The first-order chi connectivity index (χ1) is 18.9. The van der Waals surface area contributed by atoms with Crippen molar-refractivity contribution < 1.29 is 195 Å². The van der Waals surface area contributed by atoms with E-state index in [9.17, 15) is 43.9 Å². The van der Waals surface area contributed by atoms with Gasteiger partial charge in [0.25, 0.3) is 0 Å². The van der Waals surface area contributed by atoms with Crippen molar-refractivity contribution in [3.63, 3.8) is 0 Å². The van der Waals surface area contributed by atoms with Crippen LogP contribution in [-0.4, -0.2) is 0 Å². The van der Waals surface area contributed by atoms with Gasteiger partial charge in [-0.15, -0.1) is 18.5 Å². The van der Waals surface area contributed by atoms with E-state index in [1.165, 1.54) is 39.8 Å². The number of hydrogen-bond donors (Lipinski definition) is 0. The van der Waals surface area contributed by atoms with Gasteiger partial charge in [-0.05, 0) is 78.3 Å². The summed E-state index contributed by atoms with van der Waals surface area (Å²) in [5, 5.41) is 2.52. The Kier molecular flexibility index (Phi) is 26.1. The summed E-state index contributed by atoms with van der Waals surface area (Å²) in [6.45, 7) is 6.46. The van der Waals surface area contributed by atoms with E-state index in [0.29, 0.717) is 12.5 Å². The van der Waals surface area contributed by atoms with Crippen LogP contribution in [0.4, 0.5) is 43.9 Å². The molecule has 0 amide bonds. The summed E-state index contributed by atoms with van der Waals surface area (Å²) < 4.78 is 123. The molecule has 16 heteroatoms. The molecule has 4 rings (SSSR count). The number of benzene rings is 4. The van der Waals surface area contributed by atoms with E-state index >= 15 is 0 Å². The molecule has 0 bridgehead atoms. The van der Waals surface area contributed by atoms with Crippen LogP contribution in [0.15, 0.2) is 48.5 Å². The molecule has 0 heterocycles. The van der Waals surface area contributed by atoms with Gasteiger partial charge >= 0.3 is 6.18 Å². The summed E-state index contributed by atoms with van der Waals surface area (Å²) in [5.41, 5.74) is 2.03. The fourth-order valence-electron chi connectivity index (χ4n) is 3.74. The molecule has 4 aromatic rings. The van der Waals surface area contributed by atoms with Gasteiger partial charge in [0.15, 0.2) is 40.7 Å². The zero-order chi connectivity index (χ0) is 31.4. The molecule has 0 radical (unpaired) electrons. The molecular formula is C29H24Ar4F10P2. The molecule has 0 aliphatic rings. The van der Waals surface area contributed by atoms with Crippen molar-refractivity contribution in [3.8, 4) is 11.1 Å². The summed E-state index contributed by atoms with van der Waals surface area (Å²) in [6.07, 6.45) is -5.48. The van der Waals surface area contributed by atoms with Crippen LogP contribution >= 0.6 is 18.5 Å². The Balaban J connectivity index is -0.000000576. The molecule has 0 aliphatic heterocycles. The first kappa shape index (κ1) is 51.4. The van der Waals surface area contributed by atoms with Crippen LogP contribution in [0.1, 0.15) is 27.8 Å². The predicted octanol–water partition coefficient (Wildman–Crippen LogP) is 8.95. The van der Waals surface area contributed by atoms with Gasteiger partial charge in [-0.3, -0.25) is 0 Å². The van der Waals surface area contributed by atoms with E-state index in [4.69, 9.17) is 0 Å². The molecule has 0 aliphatic carbocycles. The molecule has 0 nitrogen and oxygen atoms in total. The molecule has 4 aromatic carbocycles. The third kappa shape index (κ3) is 14.0. The topological polar surface area (TPSA) is 0 Å². The van der Waals surface area contributed by atoms with Crippen molar-refractivity contribution in [1.82, 2.24) is 0 Å². The van der Waals surface area contributed by atoms with Crippen molar-refractivity contribution >= 4 is 29.1 Å². The summed E-state index contributed by atoms with van der Waals surface area (Å²) in [4.78, 5) is 0. The minimum Gasteiger partial charge on any atom is -0.204 e. The van der Waals surface area contributed by atoms with Gasteiger partial charge in [-0.1, -0.05) is 36.4 Å². The monoisotopic (exact) mass is 784 g/mol. The molecule has 0 saturated heterocycles. The van der Waals surface area contributed by atoms with Crippen molar-refractivity contribution in [2.45, 2.75) is 33.9 Å². The number of alkyl halides is 3. The normalized spacial score (nSPS) is 9.96. The van der Waals surface area contributed by atoms with Gasteiger partial charge in [0, 0.05) is 157 Å². The second kappa shape index (κ2) is 22.8. The minimum atomic E-state index is -5.48. The van der Waals surface area contributed by atoms with Crippen molar-refractivity contribution in [3.05, 3.63) is 117 Å². The molecule has 0 N–H and O–H groups in total. The SMILES string of the molecule is Cc1c(F)c(F)c(C(F)(F)F)c(F)c1F.Cc1cc(F)c(F)c(F)c1.Cc1cccc(P)c1-c1c(C)cccc1P.[Ar].[Ar].[Ar].[Ar]. The van der Waals surface area contributed by atoms with Crippen molar-refractivity contribution in [2.24, 2.45) is 0 Å². The van der Waals surface area contributed by atoms with E-state index < -0.39 is 58.0 Å². The van der Waals surface area contributed by atoms with E-state index in [1.54, 1.807) is 0 Å². The summed E-state index contributed by atoms with van der Waals surface area (Å²) >= 11 is 0. The second-order valence-electron chi connectivity index (χ2n) is 8.87. The molecule has 0 fully saturated rings. The summed E-state index contributed by atoms with van der Waals surface area (Å²) in [5.74, 6) is -12.6. The Labute approximate surface area is 379 Å². The van der Waals surface area contributed by atoms with E-state index in [1.807, 2.05) is 0 Å². The van der Waals surface area contributed by atoms with Crippen LogP contribution in [-0.2, 0) is 6.18 Å². The fourth-order valence-corrected chi connectivity index (χ4v) is 4.70. The number of hydrogen-bond acceptors (Lipinski definition) is 0. The van der Waals surface area contributed by atoms with Crippen LogP contribution in [0, 0.1) is 219 Å². The molecule has 0 saturated carbocycles.